The van der Waals surface area contributed by atoms with Crippen molar-refractivity contribution in [2.75, 3.05) is 7.11 Å². The van der Waals surface area contributed by atoms with Gasteiger partial charge < -0.3 is 15.2 Å². The number of hydrogen-bond acceptors (Lipinski definition) is 3. The molecule has 2 N–H and O–H groups in total. The Kier molecular flexibility index (Phi) is 5.31. The van der Waals surface area contributed by atoms with E-state index in [2.05, 4.69) is 5.32 Å². The van der Waals surface area contributed by atoms with Crippen LogP contribution in [-0.2, 0) is 22.7 Å². The van der Waals surface area contributed by atoms with Gasteiger partial charge >= 0.3 is 0 Å². The minimum Gasteiger partial charge on any atom is -0.392 e. The fourth-order valence-corrected chi connectivity index (χ4v) is 1.53. The molecular formula is C14H21NO3. The van der Waals surface area contributed by atoms with Gasteiger partial charge in [0.25, 0.3) is 5.91 Å². The molecule has 1 unspecified atom stereocenters. The van der Waals surface area contributed by atoms with E-state index in [4.69, 9.17) is 9.84 Å². The van der Waals surface area contributed by atoms with Crippen LogP contribution in [-0.4, -0.2) is 23.7 Å². The number of hydrogen-bond donors (Lipinski definition) is 2. The van der Waals surface area contributed by atoms with E-state index in [1.54, 1.807) is 14.0 Å². The lowest BCUT2D eigenvalue weighted by Crippen LogP contribution is -2.45. The molecule has 0 aliphatic rings. The van der Waals surface area contributed by atoms with Gasteiger partial charge in [-0.25, -0.2) is 0 Å². The van der Waals surface area contributed by atoms with Crippen LogP contribution in [0.5, 0.6) is 0 Å². The molecule has 0 saturated heterocycles. The molecule has 0 fully saturated rings. The molecular weight excluding hydrogens is 230 g/mol. The Balaban J connectivity index is 2.56. The molecule has 1 aromatic carbocycles. The second-order valence-corrected chi connectivity index (χ2v) is 4.45. The number of carbonyl (C=O) groups excluding carboxylic acids is 1. The van der Waals surface area contributed by atoms with Crippen molar-refractivity contribution in [2.45, 2.75) is 39.0 Å². The largest absolute Gasteiger partial charge is 0.392 e. The van der Waals surface area contributed by atoms with Crippen molar-refractivity contribution < 1.29 is 14.6 Å². The van der Waals surface area contributed by atoms with Crippen LogP contribution in [0.4, 0.5) is 0 Å². The fourth-order valence-electron chi connectivity index (χ4n) is 1.53. The Morgan fingerprint density at radius 2 is 1.89 bits per heavy atom. The number of ether oxygens (including phenoxy) is 1. The summed E-state index contributed by atoms with van der Waals surface area (Å²) in [6.45, 7) is 4.18. The normalized spacial score (nSPS) is 14.0. The van der Waals surface area contributed by atoms with Crippen LogP contribution in [0.25, 0.3) is 0 Å². The third-order valence-corrected chi connectivity index (χ3v) is 3.26. The van der Waals surface area contributed by atoms with Crippen LogP contribution in [0.1, 0.15) is 31.4 Å². The molecule has 0 heterocycles. The summed E-state index contributed by atoms with van der Waals surface area (Å²) < 4.78 is 5.23. The van der Waals surface area contributed by atoms with Gasteiger partial charge in [-0.15, -0.1) is 0 Å². The summed E-state index contributed by atoms with van der Waals surface area (Å²) in [5, 5.41) is 11.8. The Morgan fingerprint density at radius 1 is 1.33 bits per heavy atom. The van der Waals surface area contributed by atoms with Crippen LogP contribution in [0, 0.1) is 0 Å². The first-order chi connectivity index (χ1) is 8.55. The van der Waals surface area contributed by atoms with Gasteiger partial charge in [-0.05, 0) is 24.5 Å². The number of amides is 1. The van der Waals surface area contributed by atoms with Crippen LogP contribution in [0.2, 0.25) is 0 Å². The highest BCUT2D eigenvalue weighted by Gasteiger charge is 2.30. The van der Waals surface area contributed by atoms with Crippen molar-refractivity contribution in [1.82, 2.24) is 5.32 Å². The van der Waals surface area contributed by atoms with E-state index in [1.807, 2.05) is 31.2 Å². The predicted octanol–water partition coefficient (Wildman–Crippen LogP) is 1.61. The summed E-state index contributed by atoms with van der Waals surface area (Å²) >= 11 is 0. The zero-order chi connectivity index (χ0) is 13.6. The maximum Gasteiger partial charge on any atom is 0.252 e. The number of methoxy groups -OCH3 is 1. The molecule has 0 aliphatic carbocycles. The standard InChI is InChI=1S/C14H21NO3/c1-4-14(2,18-3)13(17)15-9-11-5-7-12(10-16)8-6-11/h5-8,16H,4,9-10H2,1-3H3,(H,15,17). The molecule has 0 saturated carbocycles. The molecule has 1 aromatic rings. The number of rotatable bonds is 6. The summed E-state index contributed by atoms with van der Waals surface area (Å²) in [6.07, 6.45) is 0.624. The molecule has 0 aliphatic heterocycles. The van der Waals surface area contributed by atoms with Crippen molar-refractivity contribution in [3.05, 3.63) is 35.4 Å². The molecule has 4 heteroatoms. The van der Waals surface area contributed by atoms with Gasteiger partial charge in [-0.3, -0.25) is 4.79 Å². The van der Waals surface area contributed by atoms with Crippen LogP contribution < -0.4 is 5.32 Å². The molecule has 0 radical (unpaired) electrons. The minimum atomic E-state index is -0.773. The van der Waals surface area contributed by atoms with E-state index in [-0.39, 0.29) is 12.5 Å². The summed E-state index contributed by atoms with van der Waals surface area (Å²) in [4.78, 5) is 11.9. The molecule has 100 valence electrons. The monoisotopic (exact) mass is 251 g/mol. The van der Waals surface area contributed by atoms with E-state index in [1.165, 1.54) is 0 Å². The third kappa shape index (κ3) is 3.55. The lowest BCUT2D eigenvalue weighted by Gasteiger charge is -2.25. The second kappa shape index (κ2) is 6.52. The topological polar surface area (TPSA) is 58.6 Å². The van der Waals surface area contributed by atoms with Crippen molar-refractivity contribution in [3.63, 3.8) is 0 Å². The summed E-state index contributed by atoms with van der Waals surface area (Å²) in [5.41, 5.74) is 1.08. The Morgan fingerprint density at radius 3 is 2.33 bits per heavy atom. The van der Waals surface area contributed by atoms with E-state index in [0.29, 0.717) is 13.0 Å². The Labute approximate surface area is 108 Å². The van der Waals surface area contributed by atoms with E-state index in [9.17, 15) is 4.79 Å². The van der Waals surface area contributed by atoms with Gasteiger partial charge in [-0.2, -0.15) is 0 Å². The van der Waals surface area contributed by atoms with Gasteiger partial charge in [0.15, 0.2) is 0 Å². The maximum absolute atomic E-state index is 11.9. The predicted molar refractivity (Wildman–Crippen MR) is 69.9 cm³/mol. The smallest absolute Gasteiger partial charge is 0.252 e. The van der Waals surface area contributed by atoms with E-state index < -0.39 is 5.60 Å². The lowest BCUT2D eigenvalue weighted by molar-refractivity contribution is -0.142. The lowest BCUT2D eigenvalue weighted by atomic mass is 10.0. The molecule has 0 bridgehead atoms. The van der Waals surface area contributed by atoms with Gasteiger partial charge in [-0.1, -0.05) is 31.2 Å². The highest BCUT2D eigenvalue weighted by atomic mass is 16.5. The van der Waals surface area contributed by atoms with Crippen LogP contribution in [0.15, 0.2) is 24.3 Å². The molecule has 18 heavy (non-hydrogen) atoms. The highest BCUT2D eigenvalue weighted by molar-refractivity contribution is 5.84. The SMILES string of the molecule is CCC(C)(OC)C(=O)NCc1ccc(CO)cc1. The third-order valence-electron chi connectivity index (χ3n) is 3.26. The zero-order valence-electron chi connectivity index (χ0n) is 11.2. The first-order valence-electron chi connectivity index (χ1n) is 6.08. The number of carbonyl (C=O) groups is 1. The van der Waals surface area contributed by atoms with Crippen LogP contribution >= 0.6 is 0 Å². The quantitative estimate of drug-likeness (QED) is 0.807. The number of aliphatic hydroxyl groups is 1. The van der Waals surface area contributed by atoms with E-state index in [0.717, 1.165) is 11.1 Å². The molecule has 0 spiro atoms. The van der Waals surface area contributed by atoms with Gasteiger partial charge in [0, 0.05) is 13.7 Å². The number of aliphatic hydroxyl groups excluding tert-OH is 1. The second-order valence-electron chi connectivity index (χ2n) is 4.45. The van der Waals surface area contributed by atoms with Crippen molar-refractivity contribution in [1.29, 1.82) is 0 Å². The fraction of sp³-hybridized carbons (Fsp3) is 0.500. The molecule has 0 aromatic heterocycles. The average Bonchev–Trinajstić information content (AvgIpc) is 2.44. The first kappa shape index (κ1) is 14.7. The maximum atomic E-state index is 11.9. The first-order valence-corrected chi connectivity index (χ1v) is 6.08. The van der Waals surface area contributed by atoms with Gasteiger partial charge in [0.1, 0.15) is 5.60 Å². The van der Waals surface area contributed by atoms with Crippen LogP contribution in [0.3, 0.4) is 0 Å². The zero-order valence-corrected chi connectivity index (χ0v) is 11.2. The van der Waals surface area contributed by atoms with Crippen molar-refractivity contribution in [3.8, 4) is 0 Å². The highest BCUT2D eigenvalue weighted by Crippen LogP contribution is 2.14. The molecule has 1 rings (SSSR count). The summed E-state index contributed by atoms with van der Waals surface area (Å²) in [6, 6.07) is 7.47. The Bertz CT molecular complexity index is 383. The number of nitrogens with one attached hydrogen (secondary N) is 1. The molecule has 1 amide bonds. The average molecular weight is 251 g/mol. The van der Waals surface area contributed by atoms with Gasteiger partial charge in [0.2, 0.25) is 0 Å². The van der Waals surface area contributed by atoms with Crippen molar-refractivity contribution >= 4 is 5.91 Å². The number of benzene rings is 1. The summed E-state index contributed by atoms with van der Waals surface area (Å²) in [7, 11) is 1.54. The van der Waals surface area contributed by atoms with Gasteiger partial charge in [0.05, 0.1) is 6.61 Å². The van der Waals surface area contributed by atoms with E-state index >= 15 is 0 Å². The molecule has 1 atom stereocenters. The summed E-state index contributed by atoms with van der Waals surface area (Å²) in [5.74, 6) is -0.112. The van der Waals surface area contributed by atoms with Crippen molar-refractivity contribution in [2.24, 2.45) is 0 Å². The molecule has 4 nitrogen and oxygen atoms in total. The minimum absolute atomic E-state index is 0.0320. The Hall–Kier alpha value is -1.39.